The van der Waals surface area contributed by atoms with Crippen LogP contribution in [-0.2, 0) is 10.0 Å². The third kappa shape index (κ3) is 3.19. The molecule has 0 aromatic heterocycles. The van der Waals surface area contributed by atoms with Crippen molar-refractivity contribution in [2.24, 2.45) is 0 Å². The normalized spacial score (nSPS) is 11.1. The number of nitrogens with one attached hydrogen (secondary N) is 1. The maximum atomic E-state index is 11.7. The van der Waals surface area contributed by atoms with Gasteiger partial charge in [0.15, 0.2) is 0 Å². The van der Waals surface area contributed by atoms with Crippen LogP contribution in [0.25, 0.3) is 0 Å². The highest BCUT2D eigenvalue weighted by Crippen LogP contribution is 2.19. The molecule has 0 amide bonds. The van der Waals surface area contributed by atoms with E-state index in [1.54, 1.807) is 0 Å². The van der Waals surface area contributed by atoms with E-state index < -0.39 is 10.0 Å². The number of sulfonamides is 1. The van der Waals surface area contributed by atoms with Crippen molar-refractivity contribution in [3.8, 4) is 6.07 Å². The molecular weight excluding hydrogens is 316 g/mol. The van der Waals surface area contributed by atoms with Gasteiger partial charge in [-0.1, -0.05) is 27.5 Å². The summed E-state index contributed by atoms with van der Waals surface area (Å²) in [6.45, 7) is 0.292. The molecule has 1 aromatic rings. The number of nitriles is 1. The van der Waals surface area contributed by atoms with Gasteiger partial charge in [0.05, 0.1) is 15.5 Å². The fourth-order valence-corrected chi connectivity index (χ4v) is 2.82. The van der Waals surface area contributed by atoms with Gasteiger partial charge in [0.1, 0.15) is 6.07 Å². The van der Waals surface area contributed by atoms with Crippen LogP contribution in [0.2, 0.25) is 5.02 Å². The Labute approximate surface area is 107 Å². The van der Waals surface area contributed by atoms with Gasteiger partial charge in [0, 0.05) is 11.9 Å². The Bertz CT molecular complexity index is 525. The van der Waals surface area contributed by atoms with E-state index in [0.717, 1.165) is 0 Å². The minimum atomic E-state index is -3.54. The number of halogens is 2. The van der Waals surface area contributed by atoms with Gasteiger partial charge in [-0.15, -0.1) is 0 Å². The SMILES string of the molecule is N#Cc1ccc(S(=O)(=O)NCCBr)cc1Cl. The van der Waals surface area contributed by atoms with E-state index in [9.17, 15) is 8.42 Å². The minimum absolute atomic E-state index is 0.0532. The fourth-order valence-electron chi connectivity index (χ4n) is 1.01. The van der Waals surface area contributed by atoms with Crippen LogP contribution >= 0.6 is 27.5 Å². The second kappa shape index (κ2) is 5.64. The Balaban J connectivity index is 3.07. The number of hydrogen-bond donors (Lipinski definition) is 1. The molecule has 7 heteroatoms. The van der Waals surface area contributed by atoms with E-state index in [1.807, 2.05) is 6.07 Å². The second-order valence-corrected chi connectivity index (χ2v) is 5.81. The van der Waals surface area contributed by atoms with Crippen molar-refractivity contribution in [2.75, 3.05) is 11.9 Å². The van der Waals surface area contributed by atoms with Gasteiger partial charge in [-0.3, -0.25) is 0 Å². The quantitative estimate of drug-likeness (QED) is 0.860. The first-order chi connectivity index (χ1) is 7.51. The highest BCUT2D eigenvalue weighted by Gasteiger charge is 2.14. The summed E-state index contributed by atoms with van der Waals surface area (Å²) in [5.41, 5.74) is 0.251. The molecule has 0 radical (unpaired) electrons. The molecule has 0 atom stereocenters. The Morgan fingerprint density at radius 2 is 2.19 bits per heavy atom. The van der Waals surface area contributed by atoms with Gasteiger partial charge in [-0.05, 0) is 18.2 Å². The number of benzene rings is 1. The van der Waals surface area contributed by atoms with Crippen molar-refractivity contribution in [2.45, 2.75) is 4.90 Å². The Kier molecular flexibility index (Phi) is 4.74. The average Bonchev–Trinajstić information content (AvgIpc) is 2.26. The summed E-state index contributed by atoms with van der Waals surface area (Å²) in [5.74, 6) is 0. The van der Waals surface area contributed by atoms with Gasteiger partial charge in [0.2, 0.25) is 10.0 Å². The van der Waals surface area contributed by atoms with E-state index in [-0.39, 0.29) is 15.5 Å². The summed E-state index contributed by atoms with van der Waals surface area (Å²) in [7, 11) is -3.54. The fraction of sp³-hybridized carbons (Fsp3) is 0.222. The van der Waals surface area contributed by atoms with E-state index in [1.165, 1.54) is 18.2 Å². The Morgan fingerprint density at radius 1 is 1.50 bits per heavy atom. The molecule has 1 rings (SSSR count). The topological polar surface area (TPSA) is 70.0 Å². The summed E-state index contributed by atoms with van der Waals surface area (Å²) in [6, 6.07) is 5.85. The van der Waals surface area contributed by atoms with Crippen LogP contribution in [0.3, 0.4) is 0 Å². The lowest BCUT2D eigenvalue weighted by atomic mass is 10.2. The summed E-state index contributed by atoms with van der Waals surface area (Å²) in [4.78, 5) is 0.0532. The number of rotatable bonds is 4. The second-order valence-electron chi connectivity index (χ2n) is 2.84. The predicted molar refractivity (Wildman–Crippen MR) is 65.1 cm³/mol. The molecule has 0 spiro atoms. The highest BCUT2D eigenvalue weighted by atomic mass is 79.9. The minimum Gasteiger partial charge on any atom is -0.210 e. The molecule has 86 valence electrons. The summed E-state index contributed by atoms with van der Waals surface area (Å²) < 4.78 is 25.7. The predicted octanol–water partition coefficient (Wildman–Crippen LogP) is 1.88. The molecule has 0 aliphatic carbocycles. The van der Waals surface area contributed by atoms with Crippen LogP contribution < -0.4 is 4.72 Å². The van der Waals surface area contributed by atoms with Gasteiger partial charge in [-0.25, -0.2) is 13.1 Å². The Hall–Kier alpha value is -0.610. The maximum Gasteiger partial charge on any atom is 0.240 e. The number of alkyl halides is 1. The molecule has 0 aliphatic rings. The van der Waals surface area contributed by atoms with Crippen molar-refractivity contribution < 1.29 is 8.42 Å². The van der Waals surface area contributed by atoms with Crippen LogP contribution in [-0.4, -0.2) is 20.3 Å². The van der Waals surface area contributed by atoms with Gasteiger partial charge in [0.25, 0.3) is 0 Å². The largest absolute Gasteiger partial charge is 0.240 e. The van der Waals surface area contributed by atoms with Crippen LogP contribution in [0.15, 0.2) is 23.1 Å². The molecule has 16 heavy (non-hydrogen) atoms. The molecule has 0 bridgehead atoms. The summed E-state index contributed by atoms with van der Waals surface area (Å²) >= 11 is 8.86. The zero-order chi connectivity index (χ0) is 12.2. The van der Waals surface area contributed by atoms with Gasteiger partial charge < -0.3 is 0 Å². The zero-order valence-corrected chi connectivity index (χ0v) is 11.2. The molecule has 0 fully saturated rings. The molecule has 1 N–H and O–H groups in total. The van der Waals surface area contributed by atoms with Crippen molar-refractivity contribution >= 4 is 37.6 Å². The van der Waals surface area contributed by atoms with E-state index in [0.29, 0.717) is 11.9 Å². The van der Waals surface area contributed by atoms with Crippen molar-refractivity contribution in [3.05, 3.63) is 28.8 Å². The molecule has 1 aromatic carbocycles. The van der Waals surface area contributed by atoms with Gasteiger partial charge >= 0.3 is 0 Å². The van der Waals surface area contributed by atoms with Crippen molar-refractivity contribution in [1.29, 1.82) is 5.26 Å². The number of nitrogens with zero attached hydrogens (tertiary/aromatic N) is 1. The lowest BCUT2D eigenvalue weighted by Gasteiger charge is -2.05. The first kappa shape index (κ1) is 13.5. The monoisotopic (exact) mass is 322 g/mol. The van der Waals surface area contributed by atoms with Gasteiger partial charge in [-0.2, -0.15) is 5.26 Å². The molecule has 0 unspecified atom stereocenters. The van der Waals surface area contributed by atoms with E-state index in [4.69, 9.17) is 16.9 Å². The lowest BCUT2D eigenvalue weighted by Crippen LogP contribution is -2.25. The third-order valence-corrected chi connectivity index (χ3v) is 3.93. The smallest absolute Gasteiger partial charge is 0.210 e. The summed E-state index contributed by atoms with van der Waals surface area (Å²) in [5, 5.41) is 9.30. The van der Waals surface area contributed by atoms with Crippen LogP contribution in [0.1, 0.15) is 5.56 Å². The highest BCUT2D eigenvalue weighted by molar-refractivity contribution is 9.09. The first-order valence-electron chi connectivity index (χ1n) is 4.26. The Morgan fingerprint density at radius 3 is 2.69 bits per heavy atom. The van der Waals surface area contributed by atoms with E-state index in [2.05, 4.69) is 20.7 Å². The average molecular weight is 324 g/mol. The van der Waals surface area contributed by atoms with Crippen LogP contribution in [0, 0.1) is 11.3 Å². The zero-order valence-electron chi connectivity index (χ0n) is 8.07. The van der Waals surface area contributed by atoms with Crippen LogP contribution in [0.5, 0.6) is 0 Å². The first-order valence-corrected chi connectivity index (χ1v) is 7.25. The molecule has 4 nitrogen and oxygen atoms in total. The number of hydrogen-bond acceptors (Lipinski definition) is 3. The van der Waals surface area contributed by atoms with Crippen molar-refractivity contribution in [1.82, 2.24) is 4.72 Å². The molecular formula is C9H8BrClN2O2S. The molecule has 0 saturated heterocycles. The molecule has 0 aliphatic heterocycles. The van der Waals surface area contributed by atoms with Crippen LogP contribution in [0.4, 0.5) is 0 Å². The summed E-state index contributed by atoms with van der Waals surface area (Å²) in [6.07, 6.45) is 0. The molecule has 0 saturated carbocycles. The lowest BCUT2D eigenvalue weighted by molar-refractivity contribution is 0.584. The maximum absolute atomic E-state index is 11.7. The van der Waals surface area contributed by atoms with E-state index >= 15 is 0 Å². The third-order valence-electron chi connectivity index (χ3n) is 1.76. The standard InChI is InChI=1S/C9H8BrClN2O2S/c10-3-4-13-16(14,15)8-2-1-7(6-12)9(11)5-8/h1-2,5,13H,3-4H2. The van der Waals surface area contributed by atoms with Crippen molar-refractivity contribution in [3.63, 3.8) is 0 Å². The molecule has 0 heterocycles.